The predicted molar refractivity (Wildman–Crippen MR) is 185 cm³/mol. The molecule has 2 amide bonds. The molecule has 0 spiro atoms. The van der Waals surface area contributed by atoms with Crippen molar-refractivity contribution in [2.45, 2.75) is 94.2 Å². The van der Waals surface area contributed by atoms with Crippen molar-refractivity contribution in [3.63, 3.8) is 0 Å². The monoisotopic (exact) mass is 622 g/mol. The van der Waals surface area contributed by atoms with Gasteiger partial charge in [-0.2, -0.15) is 0 Å². The van der Waals surface area contributed by atoms with Crippen LogP contribution in [0.2, 0.25) is 0 Å². The Morgan fingerprint density at radius 2 is 1.02 bits per heavy atom. The standard InChI is InChI=1S/C38H50N6O2/c1-21(2)31(43-35(45)37(5,6)7)33-39-19-29(41-33)25-13-15-27-23(17-25)11-12-24-18-26(14-16-28(24)27)30-20-40-34(42-30)32(22(3)4)44-36(46)38(8,9)10/h13-22,31-32H,11-12H2,1-10H3,(H,39,41)(H,40,42)(H,43,45)(H,44,46). The van der Waals surface area contributed by atoms with E-state index >= 15 is 0 Å². The van der Waals surface area contributed by atoms with Gasteiger partial charge in [-0.3, -0.25) is 9.59 Å². The van der Waals surface area contributed by atoms with Gasteiger partial charge >= 0.3 is 0 Å². The van der Waals surface area contributed by atoms with Crippen molar-refractivity contribution < 1.29 is 9.59 Å². The van der Waals surface area contributed by atoms with Crippen LogP contribution in [0.3, 0.4) is 0 Å². The van der Waals surface area contributed by atoms with E-state index in [9.17, 15) is 9.59 Å². The molecule has 0 fully saturated rings. The van der Waals surface area contributed by atoms with Gasteiger partial charge in [0.15, 0.2) is 0 Å². The number of amides is 2. The van der Waals surface area contributed by atoms with E-state index in [0.29, 0.717) is 0 Å². The minimum Gasteiger partial charge on any atom is -0.345 e. The third kappa shape index (κ3) is 6.96. The van der Waals surface area contributed by atoms with E-state index in [0.717, 1.165) is 47.0 Å². The zero-order valence-electron chi connectivity index (χ0n) is 29.1. The summed E-state index contributed by atoms with van der Waals surface area (Å²) in [4.78, 5) is 41.8. The largest absolute Gasteiger partial charge is 0.345 e. The minimum atomic E-state index is -0.471. The zero-order chi connectivity index (χ0) is 33.6. The average Bonchev–Trinajstić information content (AvgIpc) is 3.67. The topological polar surface area (TPSA) is 116 Å². The van der Waals surface area contributed by atoms with E-state index in [1.807, 2.05) is 53.9 Å². The van der Waals surface area contributed by atoms with Crippen molar-refractivity contribution >= 4 is 11.8 Å². The molecule has 2 atom stereocenters. The van der Waals surface area contributed by atoms with Crippen molar-refractivity contribution in [1.82, 2.24) is 30.6 Å². The number of aryl methyl sites for hydroxylation is 2. The third-order valence-electron chi connectivity index (χ3n) is 8.84. The lowest BCUT2D eigenvalue weighted by Gasteiger charge is -2.25. The number of aromatic nitrogens is 4. The molecule has 1 aliphatic carbocycles. The van der Waals surface area contributed by atoms with Gasteiger partial charge < -0.3 is 20.6 Å². The fraction of sp³-hybridized carbons (Fsp3) is 0.474. The lowest BCUT2D eigenvalue weighted by molar-refractivity contribution is -0.130. The van der Waals surface area contributed by atoms with Crippen LogP contribution in [0, 0.1) is 22.7 Å². The van der Waals surface area contributed by atoms with E-state index < -0.39 is 10.8 Å². The van der Waals surface area contributed by atoms with Gasteiger partial charge in [0.25, 0.3) is 0 Å². The molecule has 8 nitrogen and oxygen atoms in total. The molecule has 0 saturated carbocycles. The quantitative estimate of drug-likeness (QED) is 0.160. The molecule has 0 bridgehead atoms. The normalized spacial score (nSPS) is 14.5. The van der Waals surface area contributed by atoms with Crippen LogP contribution < -0.4 is 10.6 Å². The Balaban J connectivity index is 1.36. The molecule has 2 heterocycles. The number of nitrogens with one attached hydrogen (secondary N) is 4. The Hall–Kier alpha value is -4.20. The molecule has 46 heavy (non-hydrogen) atoms. The van der Waals surface area contributed by atoms with Gasteiger partial charge in [-0.25, -0.2) is 9.97 Å². The minimum absolute atomic E-state index is 0.0112. The SMILES string of the molecule is CC(C)C(NC(=O)C(C)(C)C)c1ncc(-c2ccc3c(c2)CCc2cc(-c4cnc(C(NC(=O)C(C)(C)C)C(C)C)[nH]4)ccc2-3)[nH]1. The summed E-state index contributed by atoms with van der Waals surface area (Å²) in [6.45, 7) is 19.9. The van der Waals surface area contributed by atoms with Crippen LogP contribution in [0.4, 0.5) is 0 Å². The Labute approximate surface area is 273 Å². The first-order chi connectivity index (χ1) is 21.5. The maximum atomic E-state index is 12.7. The van der Waals surface area contributed by atoms with E-state index in [1.165, 1.54) is 22.3 Å². The van der Waals surface area contributed by atoms with Crippen molar-refractivity contribution in [1.29, 1.82) is 0 Å². The number of benzene rings is 2. The van der Waals surface area contributed by atoms with Crippen LogP contribution in [-0.2, 0) is 22.4 Å². The summed E-state index contributed by atoms with van der Waals surface area (Å²) in [7, 11) is 0. The number of rotatable bonds is 8. The highest BCUT2D eigenvalue weighted by molar-refractivity contribution is 5.82. The summed E-state index contributed by atoms with van der Waals surface area (Å²) in [6.07, 6.45) is 5.63. The Kier molecular flexibility index (Phi) is 9.04. The molecular formula is C38H50N6O2. The second kappa shape index (κ2) is 12.5. The first kappa shape index (κ1) is 33.2. The highest BCUT2D eigenvalue weighted by Gasteiger charge is 2.29. The maximum Gasteiger partial charge on any atom is 0.225 e. The van der Waals surface area contributed by atoms with Crippen molar-refractivity contribution in [2.75, 3.05) is 0 Å². The van der Waals surface area contributed by atoms with Crippen molar-refractivity contribution in [2.24, 2.45) is 22.7 Å². The summed E-state index contributed by atoms with van der Waals surface area (Å²) in [5.41, 5.74) is 8.26. The van der Waals surface area contributed by atoms with Crippen LogP contribution >= 0.6 is 0 Å². The number of carbonyl (C=O) groups excluding carboxylic acids is 2. The van der Waals surface area contributed by atoms with E-state index in [1.54, 1.807) is 0 Å². The second-order valence-corrected chi connectivity index (χ2v) is 15.5. The highest BCUT2D eigenvalue weighted by atomic mass is 16.2. The van der Waals surface area contributed by atoms with Gasteiger partial charge in [0.2, 0.25) is 11.8 Å². The number of nitrogens with zero attached hydrogens (tertiary/aromatic N) is 2. The lowest BCUT2D eigenvalue weighted by Crippen LogP contribution is -2.39. The summed E-state index contributed by atoms with van der Waals surface area (Å²) >= 11 is 0. The number of aromatic amines is 2. The zero-order valence-corrected chi connectivity index (χ0v) is 29.1. The second-order valence-electron chi connectivity index (χ2n) is 15.5. The molecule has 2 aromatic heterocycles. The number of hydrogen-bond acceptors (Lipinski definition) is 4. The van der Waals surface area contributed by atoms with Crippen LogP contribution in [0.15, 0.2) is 48.8 Å². The van der Waals surface area contributed by atoms with Gasteiger partial charge in [0.05, 0.1) is 35.9 Å². The van der Waals surface area contributed by atoms with E-state index in [4.69, 9.17) is 0 Å². The molecule has 5 rings (SSSR count). The van der Waals surface area contributed by atoms with Gasteiger partial charge in [0.1, 0.15) is 11.6 Å². The molecule has 4 N–H and O–H groups in total. The van der Waals surface area contributed by atoms with Gasteiger partial charge in [0, 0.05) is 10.8 Å². The van der Waals surface area contributed by atoms with Crippen LogP contribution in [0.25, 0.3) is 33.6 Å². The molecule has 0 saturated heterocycles. The molecule has 2 aromatic carbocycles. The molecule has 2 unspecified atom stereocenters. The predicted octanol–water partition coefficient (Wildman–Crippen LogP) is 7.95. The first-order valence-corrected chi connectivity index (χ1v) is 16.5. The van der Waals surface area contributed by atoms with Crippen LogP contribution in [-0.4, -0.2) is 31.8 Å². The molecule has 8 heteroatoms. The summed E-state index contributed by atoms with van der Waals surface area (Å²) in [5, 5.41) is 6.37. The molecule has 0 aliphatic heterocycles. The van der Waals surface area contributed by atoms with Crippen molar-refractivity contribution in [3.8, 4) is 33.6 Å². The number of fused-ring (bicyclic) bond motifs is 3. The van der Waals surface area contributed by atoms with Crippen molar-refractivity contribution in [3.05, 3.63) is 71.6 Å². The average molecular weight is 623 g/mol. The molecule has 244 valence electrons. The number of imidazole rings is 2. The van der Waals surface area contributed by atoms with Crippen LogP contribution in [0.5, 0.6) is 0 Å². The molecule has 0 radical (unpaired) electrons. The summed E-state index contributed by atoms with van der Waals surface area (Å²) < 4.78 is 0. The molecule has 1 aliphatic rings. The Bertz CT molecular complexity index is 1600. The number of H-pyrrole nitrogens is 2. The highest BCUT2D eigenvalue weighted by Crippen LogP contribution is 2.38. The third-order valence-corrected chi connectivity index (χ3v) is 8.84. The van der Waals surface area contributed by atoms with E-state index in [2.05, 4.69) is 94.7 Å². The summed E-state index contributed by atoms with van der Waals surface area (Å²) in [6, 6.07) is 12.9. The number of hydrogen-bond donors (Lipinski definition) is 4. The van der Waals surface area contributed by atoms with E-state index in [-0.39, 0.29) is 35.7 Å². The fourth-order valence-electron chi connectivity index (χ4n) is 5.83. The van der Waals surface area contributed by atoms with Gasteiger partial charge in [-0.05, 0) is 70.2 Å². The van der Waals surface area contributed by atoms with Crippen LogP contribution in [0.1, 0.15) is 104 Å². The fourth-order valence-corrected chi connectivity index (χ4v) is 5.83. The Morgan fingerprint density at radius 1 is 0.652 bits per heavy atom. The summed E-state index contributed by atoms with van der Waals surface area (Å²) in [5.74, 6) is 1.95. The van der Waals surface area contributed by atoms with Gasteiger partial charge in [-0.15, -0.1) is 0 Å². The number of carbonyl (C=O) groups is 2. The molecule has 4 aromatic rings. The smallest absolute Gasteiger partial charge is 0.225 e. The molecular weight excluding hydrogens is 572 g/mol. The first-order valence-electron chi connectivity index (χ1n) is 16.5. The van der Waals surface area contributed by atoms with Gasteiger partial charge in [-0.1, -0.05) is 93.5 Å². The maximum absolute atomic E-state index is 12.7. The Morgan fingerprint density at radius 3 is 1.35 bits per heavy atom. The lowest BCUT2D eigenvalue weighted by atomic mass is 9.83.